The van der Waals surface area contributed by atoms with Crippen molar-refractivity contribution in [3.05, 3.63) is 88.8 Å². The fraction of sp³-hybridized carbons (Fsp3) is 0.0435. The van der Waals surface area contributed by atoms with Crippen LogP contribution >= 0.6 is 0 Å². The van der Waals surface area contributed by atoms with Crippen molar-refractivity contribution >= 4 is 39.4 Å². The summed E-state index contributed by atoms with van der Waals surface area (Å²) in [6.45, 7) is 0. The highest BCUT2D eigenvalue weighted by molar-refractivity contribution is 6.08. The summed E-state index contributed by atoms with van der Waals surface area (Å²) >= 11 is 0. The number of anilines is 1. The second-order valence-electron chi connectivity index (χ2n) is 6.21. The van der Waals surface area contributed by atoms with Gasteiger partial charge in [0.15, 0.2) is 0 Å². The molecule has 4 aromatic rings. The van der Waals surface area contributed by atoms with Crippen molar-refractivity contribution in [1.29, 1.82) is 0 Å². The fourth-order valence-electron chi connectivity index (χ4n) is 3.10. The van der Waals surface area contributed by atoms with Crippen molar-refractivity contribution in [2.24, 2.45) is 0 Å². The van der Waals surface area contributed by atoms with Crippen LogP contribution in [0.15, 0.2) is 82.0 Å². The molecule has 1 N–H and O–H groups in total. The first kappa shape index (κ1) is 17.5. The van der Waals surface area contributed by atoms with Gasteiger partial charge in [0.2, 0.25) is 5.91 Å². The topological polar surface area (TPSA) is 68.5 Å². The van der Waals surface area contributed by atoms with E-state index in [1.807, 2.05) is 48.5 Å². The highest BCUT2D eigenvalue weighted by Gasteiger charge is 2.10. The number of ether oxygens (including phenoxy) is 1. The van der Waals surface area contributed by atoms with Gasteiger partial charge in [-0.3, -0.25) is 4.79 Å². The Morgan fingerprint density at radius 2 is 1.79 bits per heavy atom. The number of para-hydroxylation sites is 1. The Labute approximate surface area is 160 Å². The lowest BCUT2D eigenvalue weighted by Gasteiger charge is -2.06. The molecule has 3 aromatic carbocycles. The van der Waals surface area contributed by atoms with Gasteiger partial charge in [0.05, 0.1) is 7.11 Å². The van der Waals surface area contributed by atoms with E-state index in [1.54, 1.807) is 31.4 Å². The summed E-state index contributed by atoms with van der Waals surface area (Å²) in [5, 5.41) is 5.34. The first-order valence-electron chi connectivity index (χ1n) is 8.73. The Morgan fingerprint density at radius 3 is 2.64 bits per heavy atom. The minimum Gasteiger partial charge on any atom is -0.496 e. The number of hydrogen-bond acceptors (Lipinski definition) is 4. The lowest BCUT2D eigenvalue weighted by molar-refractivity contribution is -0.111. The largest absolute Gasteiger partial charge is 0.496 e. The van der Waals surface area contributed by atoms with Gasteiger partial charge in [0.1, 0.15) is 17.0 Å². The van der Waals surface area contributed by atoms with E-state index < -0.39 is 11.5 Å². The minimum atomic E-state index is -0.596. The predicted molar refractivity (Wildman–Crippen MR) is 111 cm³/mol. The highest BCUT2D eigenvalue weighted by atomic mass is 16.5. The van der Waals surface area contributed by atoms with E-state index in [2.05, 4.69) is 5.32 Å². The molecular formula is C23H17NO4. The van der Waals surface area contributed by atoms with E-state index in [0.29, 0.717) is 11.3 Å². The van der Waals surface area contributed by atoms with E-state index in [-0.39, 0.29) is 5.69 Å². The van der Waals surface area contributed by atoms with Gasteiger partial charge in [-0.15, -0.1) is 0 Å². The lowest BCUT2D eigenvalue weighted by atomic mass is 10.1. The van der Waals surface area contributed by atoms with Gasteiger partial charge in [-0.2, -0.15) is 0 Å². The molecule has 5 nitrogen and oxygen atoms in total. The zero-order valence-electron chi connectivity index (χ0n) is 15.1. The van der Waals surface area contributed by atoms with Crippen LogP contribution in [0.5, 0.6) is 5.75 Å². The summed E-state index contributed by atoms with van der Waals surface area (Å²) in [6, 6.07) is 20.4. The van der Waals surface area contributed by atoms with Crippen molar-refractivity contribution in [2.75, 3.05) is 12.4 Å². The third-order valence-electron chi connectivity index (χ3n) is 4.45. The molecule has 0 unspecified atom stereocenters. The number of carbonyl (C=O) groups is 1. The average Bonchev–Trinajstić information content (AvgIpc) is 2.73. The molecule has 5 heteroatoms. The van der Waals surface area contributed by atoms with Crippen molar-refractivity contribution in [2.45, 2.75) is 0 Å². The molecule has 0 bridgehead atoms. The number of nitrogens with one attached hydrogen (secondary N) is 1. The van der Waals surface area contributed by atoms with Crippen LogP contribution < -0.4 is 15.7 Å². The molecule has 0 aliphatic carbocycles. The van der Waals surface area contributed by atoms with Crippen LogP contribution in [0.3, 0.4) is 0 Å². The van der Waals surface area contributed by atoms with E-state index in [4.69, 9.17) is 9.15 Å². The van der Waals surface area contributed by atoms with Gasteiger partial charge in [-0.05, 0) is 35.0 Å². The molecule has 0 aliphatic rings. The number of benzene rings is 3. The molecular weight excluding hydrogens is 354 g/mol. The summed E-state index contributed by atoms with van der Waals surface area (Å²) in [4.78, 5) is 24.6. The van der Waals surface area contributed by atoms with Crippen LogP contribution in [0.2, 0.25) is 0 Å². The van der Waals surface area contributed by atoms with Gasteiger partial charge in [0.25, 0.3) is 0 Å². The number of methoxy groups -OCH3 is 1. The smallest absolute Gasteiger partial charge is 0.360 e. The van der Waals surface area contributed by atoms with Gasteiger partial charge < -0.3 is 14.5 Å². The molecule has 1 amide bonds. The second kappa shape index (κ2) is 7.40. The van der Waals surface area contributed by atoms with Gasteiger partial charge >= 0.3 is 5.63 Å². The summed E-state index contributed by atoms with van der Waals surface area (Å²) in [5.41, 5.74) is 0.739. The monoisotopic (exact) mass is 371 g/mol. The quantitative estimate of drug-likeness (QED) is 0.323. The van der Waals surface area contributed by atoms with Crippen LogP contribution in [0.1, 0.15) is 5.56 Å². The normalized spacial score (nSPS) is 11.2. The fourth-order valence-corrected chi connectivity index (χ4v) is 3.10. The summed E-state index contributed by atoms with van der Waals surface area (Å²) < 4.78 is 10.6. The molecule has 4 rings (SSSR count). The van der Waals surface area contributed by atoms with Crippen LogP contribution in [0.4, 0.5) is 5.69 Å². The Hall–Kier alpha value is -3.86. The zero-order valence-corrected chi connectivity index (χ0v) is 15.1. The molecule has 0 aliphatic heterocycles. The molecule has 1 aromatic heterocycles. The van der Waals surface area contributed by atoms with Crippen LogP contribution in [0, 0.1) is 0 Å². The van der Waals surface area contributed by atoms with E-state index in [0.717, 1.165) is 21.7 Å². The SMILES string of the molecule is COc1ccccc1/C=C/C(=O)Nc1cc2c(ccc3ccccc32)oc1=O. The highest BCUT2D eigenvalue weighted by Crippen LogP contribution is 2.26. The summed E-state index contributed by atoms with van der Waals surface area (Å²) in [7, 11) is 1.57. The average molecular weight is 371 g/mol. The first-order chi connectivity index (χ1) is 13.7. The Bertz CT molecular complexity index is 1270. The predicted octanol–water partition coefficient (Wildman–Crippen LogP) is 4.61. The Balaban J connectivity index is 1.66. The van der Waals surface area contributed by atoms with E-state index >= 15 is 0 Å². The Morgan fingerprint density at radius 1 is 1.00 bits per heavy atom. The third-order valence-corrected chi connectivity index (χ3v) is 4.45. The van der Waals surface area contributed by atoms with E-state index in [1.165, 1.54) is 6.08 Å². The minimum absolute atomic E-state index is 0.0959. The van der Waals surface area contributed by atoms with Crippen molar-refractivity contribution in [3.8, 4) is 5.75 Å². The van der Waals surface area contributed by atoms with Gasteiger partial charge in [-0.25, -0.2) is 4.79 Å². The zero-order chi connectivity index (χ0) is 19.5. The van der Waals surface area contributed by atoms with Crippen LogP contribution in [-0.2, 0) is 4.79 Å². The molecule has 0 atom stereocenters. The van der Waals surface area contributed by atoms with Gasteiger partial charge in [-0.1, -0.05) is 48.5 Å². The molecule has 0 radical (unpaired) electrons. The molecule has 0 saturated carbocycles. The van der Waals surface area contributed by atoms with Crippen molar-refractivity contribution < 1.29 is 13.9 Å². The molecule has 0 fully saturated rings. The summed E-state index contributed by atoms with van der Waals surface area (Å²) in [6.07, 6.45) is 2.98. The summed E-state index contributed by atoms with van der Waals surface area (Å²) in [5.74, 6) is 0.223. The Kier molecular flexibility index (Phi) is 4.64. The maximum atomic E-state index is 12.3. The third kappa shape index (κ3) is 3.38. The van der Waals surface area contributed by atoms with Crippen LogP contribution in [-0.4, -0.2) is 13.0 Å². The number of hydrogen-bond donors (Lipinski definition) is 1. The molecule has 0 saturated heterocycles. The maximum absolute atomic E-state index is 12.3. The second-order valence-corrected chi connectivity index (χ2v) is 6.21. The molecule has 1 heterocycles. The van der Waals surface area contributed by atoms with E-state index in [9.17, 15) is 9.59 Å². The maximum Gasteiger partial charge on any atom is 0.360 e. The lowest BCUT2D eigenvalue weighted by Crippen LogP contribution is -2.15. The standard InChI is InChI=1S/C23H17NO4/c1-27-20-9-5-3-7-16(20)11-13-22(25)24-19-14-18-17-8-4-2-6-15(17)10-12-21(18)28-23(19)26/h2-14H,1H3,(H,24,25)/b13-11+. The number of fused-ring (bicyclic) bond motifs is 3. The van der Waals surface area contributed by atoms with Crippen molar-refractivity contribution in [1.82, 2.24) is 0 Å². The molecule has 28 heavy (non-hydrogen) atoms. The van der Waals surface area contributed by atoms with Crippen LogP contribution in [0.25, 0.3) is 27.8 Å². The van der Waals surface area contributed by atoms with Gasteiger partial charge in [0, 0.05) is 17.0 Å². The number of rotatable bonds is 4. The molecule has 138 valence electrons. The van der Waals surface area contributed by atoms with Crippen molar-refractivity contribution in [3.63, 3.8) is 0 Å². The first-order valence-corrected chi connectivity index (χ1v) is 8.73. The molecule has 0 spiro atoms. The number of amides is 1. The number of carbonyl (C=O) groups excluding carboxylic acids is 1.